The second-order valence-corrected chi connectivity index (χ2v) is 9.56. The molecule has 0 fully saturated rings. The van der Waals surface area contributed by atoms with Gasteiger partial charge in [-0.3, -0.25) is 14.5 Å². The first kappa shape index (κ1) is 22.7. The number of para-hydroxylation sites is 2. The third-order valence-corrected chi connectivity index (χ3v) is 7.05. The maximum atomic E-state index is 13.8. The van der Waals surface area contributed by atoms with Crippen LogP contribution in [-0.2, 0) is 9.59 Å². The molecule has 0 radical (unpaired) electrons. The molecule has 0 aromatic heterocycles. The van der Waals surface area contributed by atoms with Crippen LogP contribution in [0.5, 0.6) is 0 Å². The third kappa shape index (κ3) is 4.13. The van der Waals surface area contributed by atoms with Crippen LogP contribution in [0.2, 0.25) is 10.0 Å². The Labute approximate surface area is 209 Å². The fourth-order valence-corrected chi connectivity index (χ4v) is 5.32. The van der Waals surface area contributed by atoms with Gasteiger partial charge in [-0.15, -0.1) is 0 Å². The summed E-state index contributed by atoms with van der Waals surface area (Å²) in [6.45, 7) is 1.84. The van der Waals surface area contributed by atoms with Crippen molar-refractivity contribution in [2.45, 2.75) is 38.1 Å². The van der Waals surface area contributed by atoms with Gasteiger partial charge >= 0.3 is 0 Å². The van der Waals surface area contributed by atoms with Crippen molar-refractivity contribution in [1.29, 1.82) is 0 Å². The van der Waals surface area contributed by atoms with E-state index < -0.39 is 6.04 Å². The lowest BCUT2D eigenvalue weighted by atomic mass is 9.78. The Balaban J connectivity index is 1.70. The minimum atomic E-state index is -0.559. The minimum absolute atomic E-state index is 0.0246. The molecule has 1 aliphatic carbocycles. The van der Waals surface area contributed by atoms with Crippen molar-refractivity contribution in [2.75, 3.05) is 10.2 Å². The summed E-state index contributed by atoms with van der Waals surface area (Å²) in [4.78, 5) is 28.9. The molecule has 5 rings (SSSR count). The van der Waals surface area contributed by atoms with Crippen LogP contribution in [0.1, 0.15) is 49.3 Å². The molecular weight excluding hydrogens is 467 g/mol. The molecule has 1 aliphatic heterocycles. The van der Waals surface area contributed by atoms with Crippen LogP contribution in [0.3, 0.4) is 0 Å². The Kier molecular flexibility index (Phi) is 6.20. The molecular formula is C28H24Cl2N2O2. The fourth-order valence-electron chi connectivity index (χ4n) is 5.00. The van der Waals surface area contributed by atoms with Gasteiger partial charge in [0.15, 0.2) is 5.78 Å². The van der Waals surface area contributed by atoms with E-state index >= 15 is 0 Å². The standard InChI is InChI=1S/C28H24Cl2N2O2/c1-2-26(34)32-24-9-4-3-8-22(24)31-23-15-19(17-10-12-20(29)13-11-17)16-25(33)27(23)28(32)18-6-5-7-21(30)14-18/h3-14,19,28,31H,2,15-16H2,1H3/t19-,28-/m1/s1. The van der Waals surface area contributed by atoms with E-state index in [0.29, 0.717) is 34.9 Å². The molecule has 3 aromatic rings. The van der Waals surface area contributed by atoms with Crippen LogP contribution in [-0.4, -0.2) is 11.7 Å². The number of nitrogens with zero attached hydrogens (tertiary/aromatic N) is 1. The fraction of sp³-hybridized carbons (Fsp3) is 0.214. The van der Waals surface area contributed by atoms with Crippen molar-refractivity contribution in [3.8, 4) is 0 Å². The Hall–Kier alpha value is -3.08. The lowest BCUT2D eigenvalue weighted by Gasteiger charge is -2.35. The van der Waals surface area contributed by atoms with Crippen molar-refractivity contribution in [3.05, 3.63) is 105 Å². The average molecular weight is 491 g/mol. The quantitative estimate of drug-likeness (QED) is 0.418. The second-order valence-electron chi connectivity index (χ2n) is 8.69. The van der Waals surface area contributed by atoms with Crippen LogP contribution in [0.4, 0.5) is 11.4 Å². The largest absolute Gasteiger partial charge is 0.357 e. The normalized spacial score (nSPS) is 19.7. The van der Waals surface area contributed by atoms with Gasteiger partial charge in [0, 0.05) is 34.2 Å². The molecule has 1 N–H and O–H groups in total. The molecule has 0 saturated heterocycles. The number of halogens is 2. The maximum absolute atomic E-state index is 13.8. The van der Waals surface area contributed by atoms with Crippen LogP contribution in [0.15, 0.2) is 84.1 Å². The van der Waals surface area contributed by atoms with E-state index in [1.807, 2.05) is 73.7 Å². The number of allylic oxidation sites excluding steroid dienone is 1. The highest BCUT2D eigenvalue weighted by Crippen LogP contribution is 2.47. The van der Waals surface area contributed by atoms with Gasteiger partial charge in [0.1, 0.15) is 0 Å². The summed E-state index contributed by atoms with van der Waals surface area (Å²) in [6, 6.07) is 22.3. The molecule has 1 heterocycles. The number of nitrogens with one attached hydrogen (secondary N) is 1. The smallest absolute Gasteiger partial charge is 0.227 e. The summed E-state index contributed by atoms with van der Waals surface area (Å²) >= 11 is 12.5. The number of hydrogen-bond donors (Lipinski definition) is 1. The minimum Gasteiger partial charge on any atom is -0.357 e. The molecule has 0 bridgehead atoms. The summed E-state index contributed by atoms with van der Waals surface area (Å²) in [5, 5.41) is 4.77. The Morgan fingerprint density at radius 1 is 0.941 bits per heavy atom. The third-order valence-electron chi connectivity index (χ3n) is 6.57. The number of Topliss-reactive ketones (excluding diaryl/α,β-unsaturated/α-hetero) is 1. The Morgan fingerprint density at radius 2 is 1.71 bits per heavy atom. The van der Waals surface area contributed by atoms with Crippen LogP contribution < -0.4 is 10.2 Å². The van der Waals surface area contributed by atoms with Crippen LogP contribution in [0.25, 0.3) is 0 Å². The molecule has 6 heteroatoms. The van der Waals surface area contributed by atoms with E-state index in [4.69, 9.17) is 23.2 Å². The van der Waals surface area contributed by atoms with Gasteiger partial charge in [-0.05, 0) is 59.9 Å². The number of hydrogen-bond acceptors (Lipinski definition) is 3. The number of amides is 1. The number of carbonyl (C=O) groups is 2. The molecule has 34 heavy (non-hydrogen) atoms. The molecule has 0 spiro atoms. The lowest BCUT2D eigenvalue weighted by Crippen LogP contribution is -2.38. The molecule has 0 saturated carbocycles. The Morgan fingerprint density at radius 3 is 2.44 bits per heavy atom. The molecule has 2 atom stereocenters. The number of carbonyl (C=O) groups excluding carboxylic acids is 2. The lowest BCUT2D eigenvalue weighted by molar-refractivity contribution is -0.119. The maximum Gasteiger partial charge on any atom is 0.227 e. The van der Waals surface area contributed by atoms with Gasteiger partial charge in [-0.2, -0.15) is 0 Å². The molecule has 172 valence electrons. The van der Waals surface area contributed by atoms with Gasteiger partial charge in [0.25, 0.3) is 0 Å². The highest BCUT2D eigenvalue weighted by atomic mass is 35.5. The number of anilines is 2. The number of fused-ring (bicyclic) bond motifs is 1. The van der Waals surface area contributed by atoms with E-state index in [-0.39, 0.29) is 17.6 Å². The zero-order valence-electron chi connectivity index (χ0n) is 18.7. The summed E-state index contributed by atoms with van der Waals surface area (Å²) in [7, 11) is 0. The van der Waals surface area contributed by atoms with Crippen molar-refractivity contribution in [1.82, 2.24) is 0 Å². The summed E-state index contributed by atoms with van der Waals surface area (Å²) in [6.07, 6.45) is 1.33. The highest BCUT2D eigenvalue weighted by molar-refractivity contribution is 6.31. The first-order valence-electron chi connectivity index (χ1n) is 11.4. The van der Waals surface area contributed by atoms with Crippen LogP contribution in [0, 0.1) is 0 Å². The predicted octanol–water partition coefficient (Wildman–Crippen LogP) is 7.30. The van der Waals surface area contributed by atoms with Gasteiger partial charge in [-0.1, -0.05) is 66.5 Å². The average Bonchev–Trinajstić information content (AvgIpc) is 2.98. The topological polar surface area (TPSA) is 49.4 Å². The van der Waals surface area contributed by atoms with Crippen molar-refractivity contribution in [3.63, 3.8) is 0 Å². The van der Waals surface area contributed by atoms with E-state index in [1.54, 1.807) is 11.0 Å². The molecule has 2 aliphatic rings. The van der Waals surface area contributed by atoms with Crippen molar-refractivity contribution in [2.24, 2.45) is 0 Å². The Bertz CT molecular complexity index is 1300. The van der Waals surface area contributed by atoms with Gasteiger partial charge < -0.3 is 5.32 Å². The van der Waals surface area contributed by atoms with E-state index in [9.17, 15) is 9.59 Å². The number of rotatable bonds is 3. The van der Waals surface area contributed by atoms with E-state index in [0.717, 1.165) is 28.2 Å². The molecule has 3 aromatic carbocycles. The summed E-state index contributed by atoms with van der Waals surface area (Å²) in [5.74, 6) is -0.00222. The molecule has 4 nitrogen and oxygen atoms in total. The number of ketones is 1. The van der Waals surface area contributed by atoms with Crippen LogP contribution >= 0.6 is 23.2 Å². The van der Waals surface area contributed by atoms with Gasteiger partial charge in [0.2, 0.25) is 5.91 Å². The predicted molar refractivity (Wildman–Crippen MR) is 137 cm³/mol. The SMILES string of the molecule is CCC(=O)N1c2ccccc2NC2=C(C(=O)C[C@H](c3ccc(Cl)cc3)C2)[C@H]1c1cccc(Cl)c1. The highest BCUT2D eigenvalue weighted by Gasteiger charge is 2.41. The van der Waals surface area contributed by atoms with Crippen molar-refractivity contribution >= 4 is 46.3 Å². The summed E-state index contributed by atoms with van der Waals surface area (Å²) in [5.41, 5.74) is 4.93. The monoisotopic (exact) mass is 490 g/mol. The zero-order valence-corrected chi connectivity index (χ0v) is 20.2. The summed E-state index contributed by atoms with van der Waals surface area (Å²) < 4.78 is 0. The van der Waals surface area contributed by atoms with E-state index in [2.05, 4.69) is 5.32 Å². The van der Waals surface area contributed by atoms with E-state index in [1.165, 1.54) is 0 Å². The molecule has 1 amide bonds. The van der Waals surface area contributed by atoms with Crippen molar-refractivity contribution < 1.29 is 9.59 Å². The molecule has 0 unspecified atom stereocenters. The zero-order chi connectivity index (χ0) is 23.8. The van der Waals surface area contributed by atoms with Gasteiger partial charge in [0.05, 0.1) is 17.4 Å². The number of benzene rings is 3. The first-order chi connectivity index (χ1) is 16.5. The van der Waals surface area contributed by atoms with Gasteiger partial charge in [-0.25, -0.2) is 0 Å². The second kappa shape index (κ2) is 9.28. The first-order valence-corrected chi connectivity index (χ1v) is 12.2.